The monoisotopic (exact) mass is 213 g/mol. The van der Waals surface area contributed by atoms with Gasteiger partial charge in [-0.15, -0.1) is 0 Å². The minimum atomic E-state index is -0.357. The summed E-state index contributed by atoms with van der Waals surface area (Å²) in [5.41, 5.74) is -0.357. The highest BCUT2D eigenvalue weighted by atomic mass is 16.3. The van der Waals surface area contributed by atoms with E-state index in [4.69, 9.17) is 0 Å². The van der Waals surface area contributed by atoms with Gasteiger partial charge in [0.05, 0.1) is 5.60 Å². The molecule has 0 spiro atoms. The van der Waals surface area contributed by atoms with Gasteiger partial charge in [-0.1, -0.05) is 26.7 Å². The van der Waals surface area contributed by atoms with Crippen molar-refractivity contribution in [3.63, 3.8) is 0 Å². The number of hydrogen-bond acceptors (Lipinski definition) is 2. The van der Waals surface area contributed by atoms with Gasteiger partial charge < -0.3 is 10.4 Å². The summed E-state index contributed by atoms with van der Waals surface area (Å²) in [6.07, 6.45) is 7.64. The summed E-state index contributed by atoms with van der Waals surface area (Å²) >= 11 is 0. The first-order valence-corrected chi connectivity index (χ1v) is 6.53. The third kappa shape index (κ3) is 3.76. The van der Waals surface area contributed by atoms with Crippen LogP contribution in [0.5, 0.6) is 0 Å². The highest BCUT2D eigenvalue weighted by Crippen LogP contribution is 2.35. The van der Waals surface area contributed by atoms with Crippen molar-refractivity contribution in [3.05, 3.63) is 0 Å². The van der Waals surface area contributed by atoms with Crippen molar-refractivity contribution in [2.24, 2.45) is 5.92 Å². The molecule has 0 radical (unpaired) electrons. The van der Waals surface area contributed by atoms with Crippen LogP contribution in [0.4, 0.5) is 0 Å². The van der Waals surface area contributed by atoms with E-state index in [-0.39, 0.29) is 5.60 Å². The number of hydrogen-bond donors (Lipinski definition) is 2. The van der Waals surface area contributed by atoms with Gasteiger partial charge in [-0.25, -0.2) is 0 Å². The van der Waals surface area contributed by atoms with E-state index >= 15 is 0 Å². The second-order valence-corrected chi connectivity index (χ2v) is 5.17. The summed E-state index contributed by atoms with van der Waals surface area (Å²) in [6.45, 7) is 4.47. The Hall–Kier alpha value is -0.0800. The molecule has 0 saturated heterocycles. The normalized spacial score (nSPS) is 32.2. The van der Waals surface area contributed by atoms with Crippen LogP contribution >= 0.6 is 0 Å². The van der Waals surface area contributed by atoms with E-state index in [1.54, 1.807) is 0 Å². The Kier molecular flexibility index (Phi) is 5.07. The maximum atomic E-state index is 10.5. The largest absolute Gasteiger partial charge is 0.390 e. The van der Waals surface area contributed by atoms with Crippen molar-refractivity contribution in [2.45, 2.75) is 70.4 Å². The van der Waals surface area contributed by atoms with E-state index in [2.05, 4.69) is 19.2 Å². The predicted molar refractivity (Wildman–Crippen MR) is 65.0 cm³/mol. The Morgan fingerprint density at radius 2 is 1.80 bits per heavy atom. The molecule has 0 bridgehead atoms. The Morgan fingerprint density at radius 1 is 1.27 bits per heavy atom. The fraction of sp³-hybridized carbons (Fsp3) is 1.00. The van der Waals surface area contributed by atoms with Crippen LogP contribution in [-0.4, -0.2) is 23.8 Å². The molecule has 0 aliphatic heterocycles. The maximum Gasteiger partial charge on any atom is 0.0651 e. The lowest BCUT2D eigenvalue weighted by atomic mass is 9.76. The van der Waals surface area contributed by atoms with Gasteiger partial charge in [-0.2, -0.15) is 0 Å². The SMILES string of the molecule is CCC(CC)CC1(O)CCC(NC)CC1. The first-order valence-electron chi connectivity index (χ1n) is 6.53. The summed E-state index contributed by atoms with van der Waals surface area (Å²) in [7, 11) is 2.02. The van der Waals surface area contributed by atoms with Crippen LogP contribution < -0.4 is 5.32 Å². The molecule has 2 N–H and O–H groups in total. The van der Waals surface area contributed by atoms with Gasteiger partial charge >= 0.3 is 0 Å². The number of aliphatic hydroxyl groups is 1. The Morgan fingerprint density at radius 3 is 2.20 bits per heavy atom. The number of rotatable bonds is 5. The Balaban J connectivity index is 2.40. The molecule has 0 aromatic heterocycles. The van der Waals surface area contributed by atoms with Crippen molar-refractivity contribution in [1.82, 2.24) is 5.32 Å². The lowest BCUT2D eigenvalue weighted by Crippen LogP contribution is -2.41. The zero-order valence-electron chi connectivity index (χ0n) is 10.6. The molecule has 0 aromatic rings. The van der Waals surface area contributed by atoms with Crippen LogP contribution in [0.15, 0.2) is 0 Å². The molecule has 1 saturated carbocycles. The third-order valence-electron chi connectivity index (χ3n) is 4.15. The zero-order chi connectivity index (χ0) is 11.3. The standard InChI is InChI=1S/C13H27NO/c1-4-11(5-2)10-13(15)8-6-12(14-3)7-9-13/h11-12,14-15H,4-10H2,1-3H3. The van der Waals surface area contributed by atoms with Crippen molar-refractivity contribution in [1.29, 1.82) is 0 Å². The maximum absolute atomic E-state index is 10.5. The summed E-state index contributed by atoms with van der Waals surface area (Å²) in [5.74, 6) is 0.709. The molecule has 1 fully saturated rings. The molecule has 2 heteroatoms. The average molecular weight is 213 g/mol. The fourth-order valence-electron chi connectivity index (χ4n) is 2.76. The summed E-state index contributed by atoms with van der Waals surface area (Å²) in [4.78, 5) is 0. The molecule has 90 valence electrons. The minimum absolute atomic E-state index is 0.357. The van der Waals surface area contributed by atoms with Crippen LogP contribution in [0.3, 0.4) is 0 Å². The molecule has 15 heavy (non-hydrogen) atoms. The van der Waals surface area contributed by atoms with Crippen molar-refractivity contribution in [3.8, 4) is 0 Å². The smallest absolute Gasteiger partial charge is 0.0651 e. The predicted octanol–water partition coefficient (Wildman–Crippen LogP) is 2.71. The van der Waals surface area contributed by atoms with Crippen molar-refractivity contribution in [2.75, 3.05) is 7.05 Å². The average Bonchev–Trinajstić information content (AvgIpc) is 2.27. The first-order chi connectivity index (χ1) is 7.13. The second-order valence-electron chi connectivity index (χ2n) is 5.17. The molecule has 0 unspecified atom stereocenters. The van der Waals surface area contributed by atoms with Crippen LogP contribution in [0.25, 0.3) is 0 Å². The van der Waals surface area contributed by atoms with E-state index in [0.717, 1.165) is 32.1 Å². The Bertz CT molecular complexity index is 169. The molecule has 1 aliphatic rings. The zero-order valence-corrected chi connectivity index (χ0v) is 10.6. The van der Waals surface area contributed by atoms with Crippen molar-refractivity contribution >= 4 is 0 Å². The molecular formula is C13H27NO. The minimum Gasteiger partial charge on any atom is -0.390 e. The Labute approximate surface area is 94.5 Å². The first kappa shape index (κ1) is 13.0. The lowest BCUT2D eigenvalue weighted by molar-refractivity contribution is -0.0244. The van der Waals surface area contributed by atoms with E-state index < -0.39 is 0 Å². The van der Waals surface area contributed by atoms with E-state index in [1.165, 1.54) is 12.8 Å². The van der Waals surface area contributed by atoms with Crippen LogP contribution in [0.2, 0.25) is 0 Å². The summed E-state index contributed by atoms with van der Waals surface area (Å²) in [5, 5.41) is 13.8. The second kappa shape index (κ2) is 5.86. The van der Waals surface area contributed by atoms with E-state index in [1.807, 2.05) is 7.05 Å². The topological polar surface area (TPSA) is 32.3 Å². The lowest BCUT2D eigenvalue weighted by Gasteiger charge is -2.38. The fourth-order valence-corrected chi connectivity index (χ4v) is 2.76. The van der Waals surface area contributed by atoms with Gasteiger partial charge in [0.1, 0.15) is 0 Å². The van der Waals surface area contributed by atoms with Crippen LogP contribution in [-0.2, 0) is 0 Å². The summed E-state index contributed by atoms with van der Waals surface area (Å²) in [6, 6.07) is 0.631. The van der Waals surface area contributed by atoms with Gasteiger partial charge in [0.2, 0.25) is 0 Å². The molecule has 0 atom stereocenters. The van der Waals surface area contributed by atoms with E-state index in [0.29, 0.717) is 12.0 Å². The molecule has 1 rings (SSSR count). The van der Waals surface area contributed by atoms with Gasteiger partial charge in [0, 0.05) is 6.04 Å². The van der Waals surface area contributed by atoms with Gasteiger partial charge in [-0.3, -0.25) is 0 Å². The van der Waals surface area contributed by atoms with Crippen molar-refractivity contribution < 1.29 is 5.11 Å². The molecule has 0 heterocycles. The molecule has 1 aliphatic carbocycles. The highest BCUT2D eigenvalue weighted by Gasteiger charge is 2.33. The molecular weight excluding hydrogens is 186 g/mol. The highest BCUT2D eigenvalue weighted by molar-refractivity contribution is 4.88. The van der Waals surface area contributed by atoms with Gasteiger partial charge in [0.15, 0.2) is 0 Å². The van der Waals surface area contributed by atoms with E-state index in [9.17, 15) is 5.11 Å². The molecule has 0 amide bonds. The summed E-state index contributed by atoms with van der Waals surface area (Å²) < 4.78 is 0. The number of nitrogens with one attached hydrogen (secondary N) is 1. The third-order valence-corrected chi connectivity index (χ3v) is 4.15. The molecule has 0 aromatic carbocycles. The van der Waals surface area contributed by atoms with Gasteiger partial charge in [0.25, 0.3) is 0 Å². The van der Waals surface area contributed by atoms with Crippen LogP contribution in [0.1, 0.15) is 58.8 Å². The van der Waals surface area contributed by atoms with Gasteiger partial charge in [-0.05, 0) is 45.1 Å². The molecule has 2 nitrogen and oxygen atoms in total. The van der Waals surface area contributed by atoms with Crippen LogP contribution in [0, 0.1) is 5.92 Å². The quantitative estimate of drug-likeness (QED) is 0.736.